The highest BCUT2D eigenvalue weighted by atomic mass is 79.9. The summed E-state index contributed by atoms with van der Waals surface area (Å²) in [7, 11) is 1.64. The average molecular weight is 243 g/mol. The molecule has 1 aromatic rings. The van der Waals surface area contributed by atoms with Crippen LogP contribution in [0.3, 0.4) is 0 Å². The molecule has 0 aliphatic rings. The summed E-state index contributed by atoms with van der Waals surface area (Å²) in [6.07, 6.45) is 2.89. The molecule has 0 atom stereocenters. The van der Waals surface area contributed by atoms with E-state index < -0.39 is 0 Å². The molecule has 0 aromatic carbocycles. The van der Waals surface area contributed by atoms with Crippen molar-refractivity contribution in [3.05, 3.63) is 28.5 Å². The summed E-state index contributed by atoms with van der Waals surface area (Å²) in [4.78, 5) is 15.1. The van der Waals surface area contributed by atoms with Crippen LogP contribution in [0.1, 0.15) is 12.1 Å². The van der Waals surface area contributed by atoms with Crippen molar-refractivity contribution in [1.82, 2.24) is 10.3 Å². The van der Waals surface area contributed by atoms with Gasteiger partial charge in [0.15, 0.2) is 0 Å². The minimum absolute atomic E-state index is 0.0433. The summed E-state index contributed by atoms with van der Waals surface area (Å²) in [5.74, 6) is 0.0433. The smallest absolute Gasteiger partial charge is 0.220 e. The van der Waals surface area contributed by atoms with Gasteiger partial charge < -0.3 is 5.32 Å². The zero-order chi connectivity index (χ0) is 9.68. The highest BCUT2D eigenvalue weighted by molar-refractivity contribution is 9.10. The van der Waals surface area contributed by atoms with Gasteiger partial charge in [0, 0.05) is 29.8 Å². The predicted octanol–water partition coefficient (Wildman–Crippen LogP) is 1.52. The molecule has 0 fully saturated rings. The summed E-state index contributed by atoms with van der Waals surface area (Å²) in [5.41, 5.74) is 0.929. The van der Waals surface area contributed by atoms with E-state index in [1.54, 1.807) is 13.2 Å². The van der Waals surface area contributed by atoms with Gasteiger partial charge in [-0.2, -0.15) is 0 Å². The number of hydrogen-bond acceptors (Lipinski definition) is 2. The number of hydrogen-bond donors (Lipinski definition) is 1. The van der Waals surface area contributed by atoms with Gasteiger partial charge in [0.1, 0.15) is 0 Å². The number of aromatic nitrogens is 1. The quantitative estimate of drug-likeness (QED) is 0.874. The first-order valence-corrected chi connectivity index (χ1v) is 4.82. The van der Waals surface area contributed by atoms with Crippen molar-refractivity contribution >= 4 is 21.8 Å². The van der Waals surface area contributed by atoms with E-state index in [2.05, 4.69) is 26.2 Å². The molecular weight excluding hydrogens is 232 g/mol. The van der Waals surface area contributed by atoms with Gasteiger partial charge >= 0.3 is 0 Å². The molecule has 0 unspecified atom stereocenters. The Morgan fingerprint density at radius 3 is 3.08 bits per heavy atom. The standard InChI is InChI=1S/C9H11BrN2O/c1-11-9(13)3-2-8-6-7(10)4-5-12-8/h4-6H,2-3H2,1H3,(H,11,13). The molecule has 1 heterocycles. The molecule has 0 spiro atoms. The summed E-state index contributed by atoms with van der Waals surface area (Å²) >= 11 is 3.35. The monoisotopic (exact) mass is 242 g/mol. The summed E-state index contributed by atoms with van der Waals surface area (Å²) < 4.78 is 0.995. The lowest BCUT2D eigenvalue weighted by atomic mass is 10.2. The van der Waals surface area contributed by atoms with E-state index in [9.17, 15) is 4.79 Å². The van der Waals surface area contributed by atoms with Crippen LogP contribution in [0.15, 0.2) is 22.8 Å². The molecule has 0 radical (unpaired) electrons. The Morgan fingerprint density at radius 2 is 2.46 bits per heavy atom. The van der Waals surface area contributed by atoms with Crippen molar-refractivity contribution in [3.63, 3.8) is 0 Å². The zero-order valence-corrected chi connectivity index (χ0v) is 8.97. The van der Waals surface area contributed by atoms with E-state index in [1.807, 2.05) is 12.1 Å². The molecule has 0 aliphatic heterocycles. The molecule has 13 heavy (non-hydrogen) atoms. The van der Waals surface area contributed by atoms with E-state index in [1.165, 1.54) is 0 Å². The minimum Gasteiger partial charge on any atom is -0.359 e. The van der Waals surface area contributed by atoms with Gasteiger partial charge in [-0.3, -0.25) is 9.78 Å². The molecule has 4 heteroatoms. The van der Waals surface area contributed by atoms with Crippen molar-refractivity contribution in [3.8, 4) is 0 Å². The Balaban J connectivity index is 2.50. The molecule has 0 saturated carbocycles. The number of carbonyl (C=O) groups is 1. The van der Waals surface area contributed by atoms with E-state index in [0.717, 1.165) is 10.2 Å². The van der Waals surface area contributed by atoms with Crippen LogP contribution in [0, 0.1) is 0 Å². The number of nitrogens with zero attached hydrogens (tertiary/aromatic N) is 1. The van der Waals surface area contributed by atoms with Crippen molar-refractivity contribution in [2.24, 2.45) is 0 Å². The van der Waals surface area contributed by atoms with Gasteiger partial charge in [0.25, 0.3) is 0 Å². The van der Waals surface area contributed by atoms with Gasteiger partial charge in [-0.15, -0.1) is 0 Å². The maximum atomic E-state index is 10.9. The molecule has 1 aromatic heterocycles. The third-order valence-corrected chi connectivity index (χ3v) is 2.16. The lowest BCUT2D eigenvalue weighted by Crippen LogP contribution is -2.18. The molecule has 0 saturated heterocycles. The third kappa shape index (κ3) is 3.55. The fraction of sp³-hybridized carbons (Fsp3) is 0.333. The Morgan fingerprint density at radius 1 is 1.69 bits per heavy atom. The van der Waals surface area contributed by atoms with E-state index >= 15 is 0 Å². The van der Waals surface area contributed by atoms with Gasteiger partial charge in [0.2, 0.25) is 5.91 Å². The second kappa shape index (κ2) is 4.97. The first kappa shape index (κ1) is 10.2. The van der Waals surface area contributed by atoms with Gasteiger partial charge in [-0.25, -0.2) is 0 Å². The van der Waals surface area contributed by atoms with Crippen LogP contribution in [-0.4, -0.2) is 17.9 Å². The fourth-order valence-corrected chi connectivity index (χ4v) is 1.33. The number of nitrogens with one attached hydrogen (secondary N) is 1. The van der Waals surface area contributed by atoms with Crippen LogP contribution in [0.4, 0.5) is 0 Å². The molecule has 3 nitrogen and oxygen atoms in total. The summed E-state index contributed by atoms with van der Waals surface area (Å²) in [6, 6.07) is 3.78. The zero-order valence-electron chi connectivity index (χ0n) is 7.38. The highest BCUT2D eigenvalue weighted by Gasteiger charge is 2.00. The minimum atomic E-state index is 0.0433. The highest BCUT2D eigenvalue weighted by Crippen LogP contribution is 2.10. The van der Waals surface area contributed by atoms with Crippen LogP contribution in [-0.2, 0) is 11.2 Å². The number of halogens is 1. The lowest BCUT2D eigenvalue weighted by Gasteiger charge is -2.00. The molecule has 1 N–H and O–H groups in total. The molecule has 0 bridgehead atoms. The number of carbonyl (C=O) groups excluding carboxylic acids is 1. The number of amides is 1. The first-order valence-electron chi connectivity index (χ1n) is 4.03. The van der Waals surface area contributed by atoms with Crippen LogP contribution in [0.5, 0.6) is 0 Å². The van der Waals surface area contributed by atoms with Gasteiger partial charge in [-0.1, -0.05) is 15.9 Å². The largest absolute Gasteiger partial charge is 0.359 e. The third-order valence-electron chi connectivity index (χ3n) is 1.67. The topological polar surface area (TPSA) is 42.0 Å². The van der Waals surface area contributed by atoms with Crippen molar-refractivity contribution in [2.75, 3.05) is 7.05 Å². The van der Waals surface area contributed by atoms with Crippen molar-refractivity contribution in [1.29, 1.82) is 0 Å². The summed E-state index contributed by atoms with van der Waals surface area (Å²) in [5, 5.41) is 2.57. The van der Waals surface area contributed by atoms with Crippen LogP contribution < -0.4 is 5.32 Å². The first-order chi connectivity index (χ1) is 6.22. The second-order valence-electron chi connectivity index (χ2n) is 2.64. The summed E-state index contributed by atoms with van der Waals surface area (Å²) in [6.45, 7) is 0. The molecule has 1 rings (SSSR count). The Labute approximate surface area is 85.7 Å². The SMILES string of the molecule is CNC(=O)CCc1cc(Br)ccn1. The predicted molar refractivity (Wildman–Crippen MR) is 54.3 cm³/mol. The normalized spacial score (nSPS) is 9.69. The molecule has 70 valence electrons. The number of aryl methyl sites for hydroxylation is 1. The van der Waals surface area contributed by atoms with Gasteiger partial charge in [0.05, 0.1) is 0 Å². The lowest BCUT2D eigenvalue weighted by molar-refractivity contribution is -0.120. The van der Waals surface area contributed by atoms with Gasteiger partial charge in [-0.05, 0) is 18.6 Å². The molecular formula is C9H11BrN2O. The average Bonchev–Trinajstić information content (AvgIpc) is 2.14. The Hall–Kier alpha value is -0.900. The van der Waals surface area contributed by atoms with Crippen LogP contribution in [0.25, 0.3) is 0 Å². The maximum Gasteiger partial charge on any atom is 0.220 e. The molecule has 0 aliphatic carbocycles. The van der Waals surface area contributed by atoms with E-state index in [0.29, 0.717) is 12.8 Å². The maximum absolute atomic E-state index is 10.9. The second-order valence-corrected chi connectivity index (χ2v) is 3.55. The Kier molecular flexibility index (Phi) is 3.89. The number of pyridine rings is 1. The van der Waals surface area contributed by atoms with E-state index in [4.69, 9.17) is 0 Å². The fourth-order valence-electron chi connectivity index (χ4n) is 0.952. The van der Waals surface area contributed by atoms with Crippen molar-refractivity contribution < 1.29 is 4.79 Å². The Bertz CT molecular complexity index is 301. The number of rotatable bonds is 3. The van der Waals surface area contributed by atoms with E-state index in [-0.39, 0.29) is 5.91 Å². The van der Waals surface area contributed by atoms with Crippen LogP contribution in [0.2, 0.25) is 0 Å². The van der Waals surface area contributed by atoms with Crippen LogP contribution >= 0.6 is 15.9 Å². The van der Waals surface area contributed by atoms with Crippen molar-refractivity contribution in [2.45, 2.75) is 12.8 Å². The molecule has 1 amide bonds.